The molecule has 3 rings (SSSR count). The Labute approximate surface area is 159 Å². The van der Waals surface area contributed by atoms with Gasteiger partial charge in [0.2, 0.25) is 5.95 Å². The summed E-state index contributed by atoms with van der Waals surface area (Å²) in [7, 11) is -4.51. The molecule has 0 amide bonds. The van der Waals surface area contributed by atoms with E-state index in [2.05, 4.69) is 14.7 Å². The number of nitrogens with zero attached hydrogens (tertiary/aromatic N) is 2. The van der Waals surface area contributed by atoms with Gasteiger partial charge in [-0.15, -0.1) is 0 Å². The topological polar surface area (TPSA) is 98.0 Å². The van der Waals surface area contributed by atoms with Gasteiger partial charge < -0.3 is 5.73 Å². The van der Waals surface area contributed by atoms with Crippen molar-refractivity contribution in [3.8, 4) is 11.1 Å². The number of alkyl halides is 3. The second-order valence-electron chi connectivity index (χ2n) is 5.91. The minimum atomic E-state index is -4.86. The van der Waals surface area contributed by atoms with Gasteiger partial charge in [-0.3, -0.25) is 4.72 Å². The lowest BCUT2D eigenvalue weighted by molar-refractivity contribution is -0.139. The molecule has 146 valence electrons. The van der Waals surface area contributed by atoms with Crippen molar-refractivity contribution in [3.63, 3.8) is 0 Å². The van der Waals surface area contributed by atoms with Crippen LogP contribution in [0.1, 0.15) is 11.3 Å². The molecule has 0 radical (unpaired) electrons. The fraction of sp³-hybridized carbons (Fsp3) is 0.111. The molecule has 0 saturated carbocycles. The summed E-state index contributed by atoms with van der Waals surface area (Å²) in [4.78, 5) is 6.90. The first-order valence-electron chi connectivity index (χ1n) is 7.96. The lowest BCUT2D eigenvalue weighted by atomic mass is 10.0. The number of aryl methyl sites for hydroxylation is 1. The van der Waals surface area contributed by atoms with E-state index in [0.717, 1.165) is 12.1 Å². The number of nitrogen functional groups attached to an aromatic ring is 1. The summed E-state index contributed by atoms with van der Waals surface area (Å²) in [5, 5.41) is 0. The van der Waals surface area contributed by atoms with Crippen LogP contribution in [0.5, 0.6) is 0 Å². The van der Waals surface area contributed by atoms with Crippen LogP contribution in [0.4, 0.5) is 24.8 Å². The molecule has 1 heterocycles. The summed E-state index contributed by atoms with van der Waals surface area (Å²) in [6.07, 6.45) is -3.52. The predicted molar refractivity (Wildman–Crippen MR) is 98.9 cm³/mol. The molecule has 0 spiro atoms. The summed E-state index contributed by atoms with van der Waals surface area (Å²) in [6, 6.07) is 10.5. The van der Waals surface area contributed by atoms with E-state index in [4.69, 9.17) is 5.73 Å². The standard InChI is InChI=1S/C18H15F3N4O2S/c1-11-14(10-23-17(22)24-11)12-7-8-15(18(19,20)21)16(9-12)28(26,27)25-13-5-3-2-4-6-13/h2-10,25H,1H3,(H2,22,23,24). The molecular weight excluding hydrogens is 393 g/mol. The highest BCUT2D eigenvalue weighted by Crippen LogP contribution is 2.37. The van der Waals surface area contributed by atoms with Crippen LogP contribution in [0, 0.1) is 6.92 Å². The van der Waals surface area contributed by atoms with Gasteiger partial charge in [-0.1, -0.05) is 24.3 Å². The number of nitrogens with one attached hydrogen (secondary N) is 1. The Morgan fingerprint density at radius 2 is 1.75 bits per heavy atom. The average Bonchev–Trinajstić information content (AvgIpc) is 2.61. The van der Waals surface area contributed by atoms with E-state index in [1.54, 1.807) is 25.1 Å². The maximum atomic E-state index is 13.5. The number of para-hydroxylation sites is 1. The molecule has 2 aromatic carbocycles. The Morgan fingerprint density at radius 3 is 2.36 bits per heavy atom. The van der Waals surface area contributed by atoms with E-state index in [-0.39, 0.29) is 17.2 Å². The van der Waals surface area contributed by atoms with Gasteiger partial charge in [0.15, 0.2) is 0 Å². The number of sulfonamides is 1. The zero-order chi connectivity index (χ0) is 20.5. The van der Waals surface area contributed by atoms with Gasteiger partial charge in [0.1, 0.15) is 4.90 Å². The molecule has 0 aliphatic heterocycles. The first-order chi connectivity index (χ1) is 13.1. The van der Waals surface area contributed by atoms with Gasteiger partial charge >= 0.3 is 6.18 Å². The van der Waals surface area contributed by atoms with Crippen LogP contribution in [0.25, 0.3) is 11.1 Å². The highest BCUT2D eigenvalue weighted by Gasteiger charge is 2.37. The number of benzene rings is 2. The Balaban J connectivity index is 2.16. The first-order valence-corrected chi connectivity index (χ1v) is 9.45. The molecule has 28 heavy (non-hydrogen) atoms. The van der Waals surface area contributed by atoms with Crippen molar-refractivity contribution < 1.29 is 21.6 Å². The van der Waals surface area contributed by atoms with Crippen molar-refractivity contribution in [2.75, 3.05) is 10.5 Å². The third-order valence-corrected chi connectivity index (χ3v) is 5.33. The molecule has 3 N–H and O–H groups in total. The Morgan fingerprint density at radius 1 is 1.07 bits per heavy atom. The number of nitrogens with two attached hydrogens (primary N) is 1. The molecule has 0 saturated heterocycles. The van der Waals surface area contributed by atoms with E-state index < -0.39 is 26.7 Å². The molecule has 0 atom stereocenters. The van der Waals surface area contributed by atoms with Gasteiger partial charge in [0.05, 0.1) is 11.3 Å². The normalized spacial score (nSPS) is 12.0. The fourth-order valence-corrected chi connectivity index (χ4v) is 3.94. The third-order valence-electron chi connectivity index (χ3n) is 3.91. The van der Waals surface area contributed by atoms with E-state index in [1.165, 1.54) is 24.4 Å². The quantitative estimate of drug-likeness (QED) is 0.683. The Bertz CT molecular complexity index is 1120. The number of hydrogen-bond donors (Lipinski definition) is 2. The molecule has 0 aliphatic rings. The highest BCUT2D eigenvalue weighted by atomic mass is 32.2. The second kappa shape index (κ2) is 7.12. The van der Waals surface area contributed by atoms with Gasteiger partial charge in [0, 0.05) is 17.4 Å². The van der Waals surface area contributed by atoms with Crippen LogP contribution in [0.3, 0.4) is 0 Å². The molecule has 3 aromatic rings. The summed E-state index contributed by atoms with van der Waals surface area (Å²) in [5.41, 5.74) is 5.38. The molecule has 0 bridgehead atoms. The van der Waals surface area contributed by atoms with Gasteiger partial charge in [-0.05, 0) is 36.8 Å². The number of aromatic nitrogens is 2. The van der Waals surface area contributed by atoms with Crippen LogP contribution in [0.2, 0.25) is 0 Å². The SMILES string of the molecule is Cc1nc(N)ncc1-c1ccc(C(F)(F)F)c(S(=O)(=O)Nc2ccccc2)c1. The lowest BCUT2D eigenvalue weighted by Gasteiger charge is -2.16. The third kappa shape index (κ3) is 4.06. The van der Waals surface area contributed by atoms with Crippen molar-refractivity contribution in [2.24, 2.45) is 0 Å². The Kier molecular flexibility index (Phi) is 4.99. The Hall–Kier alpha value is -3.14. The van der Waals surface area contributed by atoms with Crippen LogP contribution in [-0.2, 0) is 16.2 Å². The molecule has 6 nitrogen and oxygen atoms in total. The summed E-state index contributed by atoms with van der Waals surface area (Å²) in [6.45, 7) is 1.60. The van der Waals surface area contributed by atoms with E-state index in [9.17, 15) is 21.6 Å². The van der Waals surface area contributed by atoms with E-state index in [1.807, 2.05) is 0 Å². The number of halogens is 3. The zero-order valence-electron chi connectivity index (χ0n) is 14.5. The molecule has 0 unspecified atom stereocenters. The number of anilines is 2. The van der Waals surface area contributed by atoms with Crippen LogP contribution in [-0.4, -0.2) is 18.4 Å². The van der Waals surface area contributed by atoms with Crippen molar-refractivity contribution in [1.29, 1.82) is 0 Å². The maximum absolute atomic E-state index is 13.5. The van der Waals surface area contributed by atoms with Crippen LogP contribution in [0.15, 0.2) is 59.6 Å². The van der Waals surface area contributed by atoms with Crippen molar-refractivity contribution in [2.45, 2.75) is 18.0 Å². The van der Waals surface area contributed by atoms with Gasteiger partial charge in [-0.2, -0.15) is 13.2 Å². The minimum Gasteiger partial charge on any atom is -0.368 e. The molecule has 10 heteroatoms. The highest BCUT2D eigenvalue weighted by molar-refractivity contribution is 7.92. The van der Waals surface area contributed by atoms with Crippen LogP contribution < -0.4 is 10.5 Å². The summed E-state index contributed by atoms with van der Waals surface area (Å²) < 4.78 is 68.0. The first kappa shape index (κ1) is 19.6. The predicted octanol–water partition coefficient (Wildman–Crippen LogP) is 3.85. The van der Waals surface area contributed by atoms with Crippen molar-refractivity contribution >= 4 is 21.7 Å². The molecule has 0 fully saturated rings. The molecule has 1 aromatic heterocycles. The number of hydrogen-bond acceptors (Lipinski definition) is 5. The molecular formula is C18H15F3N4O2S. The number of rotatable bonds is 4. The van der Waals surface area contributed by atoms with Gasteiger partial charge in [-0.25, -0.2) is 18.4 Å². The van der Waals surface area contributed by atoms with Crippen LogP contribution >= 0.6 is 0 Å². The second-order valence-corrected chi connectivity index (χ2v) is 7.56. The zero-order valence-corrected chi connectivity index (χ0v) is 15.3. The largest absolute Gasteiger partial charge is 0.417 e. The van der Waals surface area contributed by atoms with Crippen molar-refractivity contribution in [1.82, 2.24) is 9.97 Å². The monoisotopic (exact) mass is 408 g/mol. The fourth-order valence-electron chi connectivity index (χ4n) is 2.63. The minimum absolute atomic E-state index is 0.00625. The average molecular weight is 408 g/mol. The lowest BCUT2D eigenvalue weighted by Crippen LogP contribution is -2.19. The molecule has 0 aliphatic carbocycles. The summed E-state index contributed by atoms with van der Waals surface area (Å²) in [5.74, 6) is 0.00625. The smallest absolute Gasteiger partial charge is 0.368 e. The van der Waals surface area contributed by atoms with E-state index >= 15 is 0 Å². The maximum Gasteiger partial charge on any atom is 0.417 e. The van der Waals surface area contributed by atoms with Gasteiger partial charge in [0.25, 0.3) is 10.0 Å². The summed E-state index contributed by atoms with van der Waals surface area (Å²) >= 11 is 0. The van der Waals surface area contributed by atoms with Crippen molar-refractivity contribution in [3.05, 3.63) is 66.0 Å². The van der Waals surface area contributed by atoms with E-state index in [0.29, 0.717) is 11.3 Å².